The highest BCUT2D eigenvalue weighted by Gasteiger charge is 2.28. The smallest absolute Gasteiger partial charge is 0.328 e. The molecule has 0 spiro atoms. The van der Waals surface area contributed by atoms with E-state index in [2.05, 4.69) is 15.3 Å². The van der Waals surface area contributed by atoms with Crippen LogP contribution in [-0.4, -0.2) is 71.9 Å². The van der Waals surface area contributed by atoms with E-state index in [1.54, 1.807) is 7.11 Å². The lowest BCUT2D eigenvalue weighted by molar-refractivity contribution is 0.0919. The Kier molecular flexibility index (Phi) is 7.92. The van der Waals surface area contributed by atoms with Crippen molar-refractivity contribution in [3.05, 3.63) is 40.7 Å². The number of carbonyl (C=O) groups excluding carboxylic acids is 2. The number of urea groups is 1. The van der Waals surface area contributed by atoms with Crippen molar-refractivity contribution >= 4 is 41.3 Å². The molecule has 0 aliphatic carbocycles. The number of thiocarbonyl (C=S) groups is 1. The molecule has 0 saturated carbocycles. The second kappa shape index (κ2) is 11.3. The standard InChI is InChI=1S/C24H26N6O5S/c1-15(14-33-2)35-20-9-21(26-11-18(20)10-25)28-23(32)30-5-3-4-16-8-17(19(13-31)27-22(16)30)12-29-6-7-34-24(29)36/h8-9,11,13,15H,3-7,12,14H2,1-2H3,(H,26,28,32). The van der Waals surface area contributed by atoms with Gasteiger partial charge in [0.2, 0.25) is 0 Å². The number of nitriles is 1. The molecule has 188 valence electrons. The van der Waals surface area contributed by atoms with Gasteiger partial charge in [0.1, 0.15) is 47.4 Å². The Morgan fingerprint density at radius 1 is 1.42 bits per heavy atom. The Labute approximate surface area is 214 Å². The Morgan fingerprint density at radius 3 is 2.94 bits per heavy atom. The van der Waals surface area contributed by atoms with Gasteiger partial charge in [0.15, 0.2) is 6.29 Å². The lowest BCUT2D eigenvalue weighted by atomic mass is 10.0. The normalized spacial score (nSPS) is 15.5. The molecule has 1 fully saturated rings. The molecule has 0 bridgehead atoms. The molecule has 36 heavy (non-hydrogen) atoms. The van der Waals surface area contributed by atoms with E-state index in [0.29, 0.717) is 55.9 Å². The number of fused-ring (bicyclic) bond motifs is 1. The Morgan fingerprint density at radius 2 is 2.25 bits per heavy atom. The molecule has 2 aromatic heterocycles. The minimum atomic E-state index is -0.449. The highest BCUT2D eigenvalue weighted by molar-refractivity contribution is 7.80. The largest absolute Gasteiger partial charge is 0.487 e. The lowest BCUT2D eigenvalue weighted by Gasteiger charge is -2.29. The predicted octanol–water partition coefficient (Wildman–Crippen LogP) is 2.68. The molecular weight excluding hydrogens is 484 g/mol. The summed E-state index contributed by atoms with van der Waals surface area (Å²) in [5.74, 6) is 0.949. The van der Waals surface area contributed by atoms with E-state index in [-0.39, 0.29) is 23.2 Å². The first-order valence-electron chi connectivity index (χ1n) is 11.5. The summed E-state index contributed by atoms with van der Waals surface area (Å²) in [7, 11) is 1.56. The van der Waals surface area contributed by atoms with Gasteiger partial charge in [-0.1, -0.05) is 0 Å². The summed E-state index contributed by atoms with van der Waals surface area (Å²) in [6, 6.07) is 5.00. The molecule has 1 unspecified atom stereocenters. The number of anilines is 2. The van der Waals surface area contributed by atoms with Crippen molar-refractivity contribution in [2.75, 3.05) is 43.6 Å². The molecule has 4 rings (SSSR count). The molecule has 4 heterocycles. The third kappa shape index (κ3) is 5.53. The van der Waals surface area contributed by atoms with Crippen molar-refractivity contribution in [3.63, 3.8) is 0 Å². The van der Waals surface area contributed by atoms with E-state index in [4.69, 9.17) is 26.4 Å². The molecule has 1 saturated heterocycles. The van der Waals surface area contributed by atoms with Crippen molar-refractivity contribution in [1.82, 2.24) is 14.9 Å². The van der Waals surface area contributed by atoms with Crippen molar-refractivity contribution in [2.24, 2.45) is 0 Å². The third-order valence-corrected chi connectivity index (χ3v) is 6.16. The summed E-state index contributed by atoms with van der Waals surface area (Å²) >= 11 is 5.21. The van der Waals surface area contributed by atoms with Crippen molar-refractivity contribution in [2.45, 2.75) is 32.4 Å². The number of pyridine rings is 2. The van der Waals surface area contributed by atoms with Crippen LogP contribution in [0, 0.1) is 11.3 Å². The second-order valence-electron chi connectivity index (χ2n) is 8.42. The number of nitrogens with zero attached hydrogens (tertiary/aromatic N) is 5. The number of ether oxygens (including phenoxy) is 3. The summed E-state index contributed by atoms with van der Waals surface area (Å²) in [6.45, 7) is 4.15. The van der Waals surface area contributed by atoms with Crippen LogP contribution in [0.3, 0.4) is 0 Å². The molecular formula is C24H26N6O5S. The van der Waals surface area contributed by atoms with Gasteiger partial charge in [-0.3, -0.25) is 15.0 Å². The average molecular weight is 511 g/mol. The quantitative estimate of drug-likeness (QED) is 0.418. The van der Waals surface area contributed by atoms with Gasteiger partial charge in [-0.15, -0.1) is 0 Å². The zero-order valence-electron chi connectivity index (χ0n) is 20.0. The number of nitrogens with one attached hydrogen (secondary N) is 1. The SMILES string of the molecule is COCC(C)Oc1cc(NC(=O)N2CCCc3cc(CN4CCOC4=S)c(C=O)nc32)ncc1C#N. The van der Waals surface area contributed by atoms with Gasteiger partial charge in [-0.05, 0) is 43.6 Å². The minimum absolute atomic E-state index is 0.223. The van der Waals surface area contributed by atoms with Gasteiger partial charge in [-0.2, -0.15) is 5.26 Å². The summed E-state index contributed by atoms with van der Waals surface area (Å²) in [4.78, 5) is 37.1. The first-order valence-corrected chi connectivity index (χ1v) is 11.9. The first-order chi connectivity index (χ1) is 17.4. The molecule has 2 aliphatic heterocycles. The Bertz CT molecular complexity index is 1220. The molecule has 12 heteroatoms. The summed E-state index contributed by atoms with van der Waals surface area (Å²) in [5, 5.41) is 12.5. The van der Waals surface area contributed by atoms with Crippen molar-refractivity contribution < 1.29 is 23.8 Å². The topological polar surface area (TPSA) is 130 Å². The van der Waals surface area contributed by atoms with Crippen molar-refractivity contribution in [1.29, 1.82) is 5.26 Å². The van der Waals surface area contributed by atoms with Crippen LogP contribution in [0.5, 0.6) is 5.75 Å². The van der Waals surface area contributed by atoms with Crippen LogP contribution in [0.4, 0.5) is 16.4 Å². The number of amides is 2. The number of aldehydes is 1. The van der Waals surface area contributed by atoms with E-state index >= 15 is 0 Å². The molecule has 1 atom stereocenters. The monoisotopic (exact) mass is 510 g/mol. The number of aryl methyl sites for hydroxylation is 1. The molecule has 2 amide bonds. The van der Waals surface area contributed by atoms with Crippen LogP contribution in [-0.2, 0) is 22.4 Å². The van der Waals surface area contributed by atoms with E-state index in [1.807, 2.05) is 24.0 Å². The second-order valence-corrected chi connectivity index (χ2v) is 8.77. The molecule has 1 N–H and O–H groups in total. The molecule has 0 radical (unpaired) electrons. The van der Waals surface area contributed by atoms with E-state index in [0.717, 1.165) is 24.0 Å². The van der Waals surface area contributed by atoms with Crippen LogP contribution < -0.4 is 15.0 Å². The number of rotatable bonds is 8. The van der Waals surface area contributed by atoms with Crippen LogP contribution in [0.1, 0.15) is 40.5 Å². The lowest BCUT2D eigenvalue weighted by Crippen LogP contribution is -2.40. The van der Waals surface area contributed by atoms with Crippen LogP contribution in [0.25, 0.3) is 0 Å². The van der Waals surface area contributed by atoms with Gasteiger partial charge in [0.05, 0.1) is 19.3 Å². The molecule has 0 aromatic carbocycles. The maximum absolute atomic E-state index is 13.2. The van der Waals surface area contributed by atoms with E-state index in [1.165, 1.54) is 17.2 Å². The maximum atomic E-state index is 13.2. The molecule has 2 aliphatic rings. The van der Waals surface area contributed by atoms with E-state index < -0.39 is 6.03 Å². The summed E-state index contributed by atoms with van der Waals surface area (Å²) < 4.78 is 16.2. The Balaban J connectivity index is 1.55. The van der Waals surface area contributed by atoms with Gasteiger partial charge in [0.25, 0.3) is 5.17 Å². The summed E-state index contributed by atoms with van der Waals surface area (Å²) in [5.41, 5.74) is 2.10. The third-order valence-electron chi connectivity index (χ3n) is 5.79. The number of hydrogen-bond donors (Lipinski definition) is 1. The Hall–Kier alpha value is -3.82. The number of hydrogen-bond acceptors (Lipinski definition) is 9. The van der Waals surface area contributed by atoms with Gasteiger partial charge >= 0.3 is 6.03 Å². The number of aromatic nitrogens is 2. The fraction of sp³-hybridized carbons (Fsp3) is 0.417. The first kappa shape index (κ1) is 25.3. The average Bonchev–Trinajstić information content (AvgIpc) is 3.27. The predicted molar refractivity (Wildman–Crippen MR) is 134 cm³/mol. The maximum Gasteiger partial charge on any atom is 0.328 e. The van der Waals surface area contributed by atoms with Crippen LogP contribution in [0.2, 0.25) is 0 Å². The highest BCUT2D eigenvalue weighted by Crippen LogP contribution is 2.29. The van der Waals surface area contributed by atoms with Crippen LogP contribution >= 0.6 is 12.2 Å². The fourth-order valence-electron chi connectivity index (χ4n) is 4.11. The van der Waals surface area contributed by atoms with Crippen molar-refractivity contribution in [3.8, 4) is 11.8 Å². The molecule has 2 aromatic rings. The summed E-state index contributed by atoms with van der Waals surface area (Å²) in [6.07, 6.45) is 3.19. The van der Waals surface area contributed by atoms with E-state index in [9.17, 15) is 14.9 Å². The van der Waals surface area contributed by atoms with Gasteiger partial charge in [0, 0.05) is 31.8 Å². The van der Waals surface area contributed by atoms with Gasteiger partial charge in [-0.25, -0.2) is 14.8 Å². The number of methoxy groups -OCH3 is 1. The number of carbonyl (C=O) groups is 2. The fourth-order valence-corrected chi connectivity index (χ4v) is 4.35. The zero-order chi connectivity index (χ0) is 25.7. The minimum Gasteiger partial charge on any atom is -0.487 e. The van der Waals surface area contributed by atoms with Gasteiger partial charge < -0.3 is 19.1 Å². The zero-order valence-corrected chi connectivity index (χ0v) is 20.8. The highest BCUT2D eigenvalue weighted by atomic mass is 32.1. The molecule has 11 nitrogen and oxygen atoms in total. The van der Waals surface area contributed by atoms with Crippen LogP contribution in [0.15, 0.2) is 18.3 Å².